The molecule has 1 aromatic heterocycles. The van der Waals surface area contributed by atoms with Crippen molar-refractivity contribution in [2.45, 2.75) is 44.7 Å². The Morgan fingerprint density at radius 2 is 1.79 bits per heavy atom. The molecule has 2 heterocycles. The molecule has 3 heteroatoms. The summed E-state index contributed by atoms with van der Waals surface area (Å²) in [7, 11) is 0. The summed E-state index contributed by atoms with van der Waals surface area (Å²) in [6.45, 7) is 6.49. The molecular weight excluding hydrogens is 234 g/mol. The Morgan fingerprint density at radius 1 is 1.00 bits per heavy atom. The molecule has 0 unspecified atom stereocenters. The van der Waals surface area contributed by atoms with Crippen molar-refractivity contribution in [1.29, 1.82) is 0 Å². The monoisotopic (exact) mass is 261 g/mol. The highest BCUT2D eigenvalue weighted by Crippen LogP contribution is 2.15. The number of rotatable bonds is 3. The molecule has 0 amide bonds. The van der Waals surface area contributed by atoms with Gasteiger partial charge >= 0.3 is 0 Å². The number of hydrogen-bond acceptors (Lipinski definition) is 1. The zero-order valence-electron chi connectivity index (χ0n) is 11.9. The van der Waals surface area contributed by atoms with Gasteiger partial charge in [0.05, 0.1) is 11.7 Å². The third kappa shape index (κ3) is 3.54. The van der Waals surface area contributed by atoms with Crippen molar-refractivity contribution < 1.29 is 9.80 Å². The minimum Gasteiger partial charge on any atom is -0.323 e. The number of nitrogens with zero attached hydrogens (tertiary/aromatic N) is 1. The second-order valence-corrected chi connectivity index (χ2v) is 6.24. The van der Waals surface area contributed by atoms with Crippen LogP contribution in [0.1, 0.15) is 37.8 Å². The molecule has 1 saturated heterocycles. The standard InChI is InChI=1S/C16H25N3/c1-2-7-16(8-3-1)19-12-10-18(11-13-19)14-15-6-4-5-9-17-15/h4-6,9,16H,1-3,7-8,10-14H2/p+2. The summed E-state index contributed by atoms with van der Waals surface area (Å²) < 4.78 is 0. The molecule has 1 aromatic rings. The van der Waals surface area contributed by atoms with Crippen LogP contribution in [0.15, 0.2) is 24.4 Å². The Hall–Kier alpha value is -0.930. The molecule has 0 atom stereocenters. The van der Waals surface area contributed by atoms with E-state index in [1.165, 1.54) is 64.0 Å². The van der Waals surface area contributed by atoms with Crippen molar-refractivity contribution in [1.82, 2.24) is 4.98 Å². The number of quaternary nitrogens is 2. The molecule has 2 aliphatic rings. The largest absolute Gasteiger partial charge is 0.323 e. The Kier molecular flexibility index (Phi) is 4.46. The Bertz CT molecular complexity index is 365. The van der Waals surface area contributed by atoms with E-state index in [0.29, 0.717) is 0 Å². The number of pyridine rings is 1. The lowest BCUT2D eigenvalue weighted by Gasteiger charge is -2.36. The van der Waals surface area contributed by atoms with Crippen LogP contribution in [0.3, 0.4) is 0 Å². The Morgan fingerprint density at radius 3 is 2.47 bits per heavy atom. The first kappa shape index (κ1) is 13.1. The second kappa shape index (κ2) is 6.49. The number of hydrogen-bond donors (Lipinski definition) is 2. The average Bonchev–Trinajstić information content (AvgIpc) is 2.50. The van der Waals surface area contributed by atoms with Crippen molar-refractivity contribution in [2.24, 2.45) is 0 Å². The first-order valence-electron chi connectivity index (χ1n) is 8.00. The molecule has 104 valence electrons. The minimum absolute atomic E-state index is 0.977. The van der Waals surface area contributed by atoms with E-state index in [2.05, 4.69) is 17.1 Å². The molecule has 2 N–H and O–H groups in total. The zero-order valence-corrected chi connectivity index (χ0v) is 11.9. The summed E-state index contributed by atoms with van der Waals surface area (Å²) in [4.78, 5) is 8.07. The predicted molar refractivity (Wildman–Crippen MR) is 76.2 cm³/mol. The van der Waals surface area contributed by atoms with Gasteiger partial charge in [-0.1, -0.05) is 12.5 Å². The molecule has 3 nitrogen and oxygen atoms in total. The van der Waals surface area contributed by atoms with Gasteiger partial charge in [-0.05, 0) is 37.8 Å². The molecular formula is C16H27N3+2. The van der Waals surface area contributed by atoms with E-state index in [1.807, 2.05) is 17.2 Å². The third-order valence-electron chi connectivity index (χ3n) is 4.94. The lowest BCUT2D eigenvalue weighted by molar-refractivity contribution is -1.03. The predicted octanol–water partition coefficient (Wildman–Crippen LogP) is -0.302. The fourth-order valence-electron chi connectivity index (χ4n) is 3.78. The van der Waals surface area contributed by atoms with Gasteiger partial charge in [-0.3, -0.25) is 4.98 Å². The third-order valence-corrected chi connectivity index (χ3v) is 4.94. The lowest BCUT2D eigenvalue weighted by Crippen LogP contribution is -3.29. The highest BCUT2D eigenvalue weighted by molar-refractivity contribution is 5.01. The summed E-state index contributed by atoms with van der Waals surface area (Å²) in [5.74, 6) is 0. The van der Waals surface area contributed by atoms with Crippen molar-refractivity contribution in [3.05, 3.63) is 30.1 Å². The van der Waals surface area contributed by atoms with Crippen LogP contribution < -0.4 is 9.80 Å². The maximum Gasteiger partial charge on any atom is 0.127 e. The zero-order chi connectivity index (χ0) is 12.9. The first-order chi connectivity index (χ1) is 9.42. The Labute approximate surface area is 116 Å². The molecule has 1 saturated carbocycles. The number of nitrogens with one attached hydrogen (secondary N) is 2. The topological polar surface area (TPSA) is 21.8 Å². The minimum atomic E-state index is 0.977. The van der Waals surface area contributed by atoms with Crippen LogP contribution in [0.2, 0.25) is 0 Å². The average molecular weight is 261 g/mol. The van der Waals surface area contributed by atoms with Crippen LogP contribution in [0, 0.1) is 0 Å². The smallest absolute Gasteiger partial charge is 0.127 e. The fraction of sp³-hybridized carbons (Fsp3) is 0.688. The molecule has 0 bridgehead atoms. The summed E-state index contributed by atoms with van der Waals surface area (Å²) in [6.07, 6.45) is 9.28. The van der Waals surface area contributed by atoms with Crippen LogP contribution in [0.5, 0.6) is 0 Å². The van der Waals surface area contributed by atoms with Gasteiger partial charge in [0.1, 0.15) is 32.7 Å². The van der Waals surface area contributed by atoms with Crippen molar-refractivity contribution in [2.75, 3.05) is 26.2 Å². The lowest BCUT2D eigenvalue weighted by atomic mass is 9.94. The van der Waals surface area contributed by atoms with Crippen LogP contribution in [-0.2, 0) is 6.54 Å². The molecule has 2 fully saturated rings. The van der Waals surface area contributed by atoms with Crippen LogP contribution >= 0.6 is 0 Å². The highest BCUT2D eigenvalue weighted by atomic mass is 15.3. The highest BCUT2D eigenvalue weighted by Gasteiger charge is 2.30. The summed E-state index contributed by atoms with van der Waals surface area (Å²) >= 11 is 0. The van der Waals surface area contributed by atoms with Gasteiger partial charge in [0, 0.05) is 6.20 Å². The van der Waals surface area contributed by atoms with Gasteiger partial charge in [0.15, 0.2) is 0 Å². The van der Waals surface area contributed by atoms with E-state index < -0.39 is 0 Å². The van der Waals surface area contributed by atoms with Gasteiger partial charge in [0.2, 0.25) is 0 Å². The van der Waals surface area contributed by atoms with Crippen LogP contribution in [0.25, 0.3) is 0 Å². The van der Waals surface area contributed by atoms with Gasteiger partial charge in [-0.2, -0.15) is 0 Å². The first-order valence-corrected chi connectivity index (χ1v) is 8.00. The number of aromatic nitrogens is 1. The molecule has 0 aromatic carbocycles. The molecule has 0 radical (unpaired) electrons. The van der Waals surface area contributed by atoms with Crippen molar-refractivity contribution >= 4 is 0 Å². The van der Waals surface area contributed by atoms with E-state index in [9.17, 15) is 0 Å². The van der Waals surface area contributed by atoms with Crippen molar-refractivity contribution in [3.63, 3.8) is 0 Å². The van der Waals surface area contributed by atoms with Crippen molar-refractivity contribution in [3.8, 4) is 0 Å². The maximum atomic E-state index is 4.45. The van der Waals surface area contributed by atoms with E-state index >= 15 is 0 Å². The normalized spacial score (nSPS) is 29.3. The van der Waals surface area contributed by atoms with E-state index in [1.54, 1.807) is 4.90 Å². The molecule has 0 spiro atoms. The van der Waals surface area contributed by atoms with Crippen LogP contribution in [0.4, 0.5) is 0 Å². The molecule has 1 aliphatic carbocycles. The molecule has 3 rings (SSSR count). The van der Waals surface area contributed by atoms with Crippen LogP contribution in [-0.4, -0.2) is 37.2 Å². The SMILES string of the molecule is c1ccc(C[NH+]2CC[NH+](C3CCCCC3)CC2)nc1. The van der Waals surface area contributed by atoms with E-state index in [0.717, 1.165) is 12.6 Å². The summed E-state index contributed by atoms with van der Waals surface area (Å²) in [5.41, 5.74) is 1.25. The quantitative estimate of drug-likeness (QED) is 0.766. The van der Waals surface area contributed by atoms with E-state index in [4.69, 9.17) is 0 Å². The van der Waals surface area contributed by atoms with Gasteiger partial charge in [0.25, 0.3) is 0 Å². The second-order valence-electron chi connectivity index (χ2n) is 6.24. The van der Waals surface area contributed by atoms with Gasteiger partial charge < -0.3 is 9.80 Å². The Balaban J connectivity index is 1.46. The molecule has 19 heavy (non-hydrogen) atoms. The number of piperazine rings is 1. The van der Waals surface area contributed by atoms with E-state index in [-0.39, 0.29) is 0 Å². The summed E-state index contributed by atoms with van der Waals surface area (Å²) in [5, 5.41) is 0. The van der Waals surface area contributed by atoms with Gasteiger partial charge in [-0.25, -0.2) is 0 Å². The maximum absolute atomic E-state index is 4.45. The van der Waals surface area contributed by atoms with Gasteiger partial charge in [-0.15, -0.1) is 0 Å². The molecule has 1 aliphatic heterocycles. The fourth-order valence-corrected chi connectivity index (χ4v) is 3.78. The summed E-state index contributed by atoms with van der Waals surface area (Å²) in [6, 6.07) is 7.24.